The SMILES string of the molecule is C=C(C)S/C=C(N)/C=C(\C)[C@@H]1C/C=C(/C)CC2NC2[C@H](C)[C@H](O)[C@@H](C)C(=O)C(C)(C)[C@@H](O)CC(=O)O1. The number of rotatable bonds is 4. The summed E-state index contributed by atoms with van der Waals surface area (Å²) in [4.78, 5) is 27.1. The summed E-state index contributed by atoms with van der Waals surface area (Å²) in [5, 5.41) is 27.0. The van der Waals surface area contributed by atoms with Crippen molar-refractivity contribution in [2.75, 3.05) is 0 Å². The smallest absolute Gasteiger partial charge is 0.309 e. The molecule has 7 atom stereocenters. The minimum atomic E-state index is -1.25. The van der Waals surface area contributed by atoms with Crippen LogP contribution < -0.4 is 11.1 Å². The Labute approximate surface area is 220 Å². The lowest BCUT2D eigenvalue weighted by molar-refractivity contribution is -0.154. The summed E-state index contributed by atoms with van der Waals surface area (Å²) in [6.07, 6.45) is 2.12. The van der Waals surface area contributed by atoms with Crippen LogP contribution in [0, 0.1) is 17.3 Å². The van der Waals surface area contributed by atoms with Crippen molar-refractivity contribution in [3.63, 3.8) is 0 Å². The Bertz CT molecular complexity index is 938. The number of carbonyl (C=O) groups excluding carboxylic acids is 2. The monoisotopic (exact) mass is 520 g/mol. The van der Waals surface area contributed by atoms with Crippen LogP contribution in [-0.2, 0) is 14.3 Å². The maximum atomic E-state index is 13.3. The Kier molecular flexibility index (Phi) is 10.6. The van der Waals surface area contributed by atoms with Crippen LogP contribution >= 0.6 is 11.8 Å². The van der Waals surface area contributed by atoms with Crippen molar-refractivity contribution in [3.8, 4) is 0 Å². The van der Waals surface area contributed by atoms with Crippen LogP contribution in [0.2, 0.25) is 0 Å². The van der Waals surface area contributed by atoms with Gasteiger partial charge in [-0.3, -0.25) is 9.59 Å². The number of Topliss-reactive ketones (excluding diaryl/α,β-unsaturated/α-hetero) is 1. The molecule has 36 heavy (non-hydrogen) atoms. The molecular formula is C28H44N2O5S. The van der Waals surface area contributed by atoms with Crippen molar-refractivity contribution in [2.45, 2.75) is 98.1 Å². The fraction of sp³-hybridized carbons (Fsp3) is 0.643. The zero-order chi connectivity index (χ0) is 27.4. The second-order valence-electron chi connectivity index (χ2n) is 11.0. The first kappa shape index (κ1) is 30.4. The van der Waals surface area contributed by atoms with Crippen LogP contribution in [0.3, 0.4) is 0 Å². The van der Waals surface area contributed by atoms with Gasteiger partial charge in [-0.15, -0.1) is 11.8 Å². The number of esters is 1. The topological polar surface area (TPSA) is 132 Å². The third-order valence-electron chi connectivity index (χ3n) is 7.38. The molecule has 2 rings (SSSR count). The predicted molar refractivity (Wildman–Crippen MR) is 146 cm³/mol. The number of fused-ring (bicyclic) bond motifs is 1. The van der Waals surface area contributed by atoms with Gasteiger partial charge in [0.05, 0.1) is 24.0 Å². The second-order valence-corrected chi connectivity index (χ2v) is 12.2. The molecule has 0 radical (unpaired) electrons. The molecule has 2 aliphatic heterocycles. The minimum absolute atomic E-state index is 0.116. The van der Waals surface area contributed by atoms with Crippen molar-refractivity contribution in [2.24, 2.45) is 23.0 Å². The van der Waals surface area contributed by atoms with Crippen molar-refractivity contribution in [3.05, 3.63) is 45.9 Å². The normalized spacial score (nSPS) is 36.4. The fourth-order valence-corrected chi connectivity index (χ4v) is 5.12. The van der Waals surface area contributed by atoms with E-state index in [4.69, 9.17) is 10.5 Å². The number of hydrogen-bond donors (Lipinski definition) is 4. The number of aliphatic hydroxyl groups excluding tert-OH is 2. The standard InChI is InChI=1S/C28H44N2O5S/c1-15(2)36-14-20(29)12-17(4)22-10-9-16(3)11-21-25(30-21)18(5)26(33)19(6)27(34)28(7,8)23(31)13-24(32)35-22/h9,12,14,18-19,21-23,25-26,30-31,33H,1,10-11,13,29H2,2-8H3/b16-9-,17-12+,20-14-/t18-,19+,21?,22-,23-,25?,26-/m0/s1. The molecule has 8 heteroatoms. The van der Waals surface area contributed by atoms with Crippen LogP contribution in [0.4, 0.5) is 0 Å². The van der Waals surface area contributed by atoms with Crippen molar-refractivity contribution < 1.29 is 24.5 Å². The van der Waals surface area contributed by atoms with Gasteiger partial charge in [0, 0.05) is 30.1 Å². The van der Waals surface area contributed by atoms with E-state index in [-0.39, 0.29) is 30.2 Å². The molecule has 0 spiro atoms. The van der Waals surface area contributed by atoms with Crippen LogP contribution in [-0.4, -0.2) is 52.4 Å². The average molecular weight is 521 g/mol. The number of ketones is 1. The van der Waals surface area contributed by atoms with E-state index in [1.807, 2.05) is 27.7 Å². The van der Waals surface area contributed by atoms with Crippen LogP contribution in [0.15, 0.2) is 45.9 Å². The highest BCUT2D eigenvalue weighted by molar-refractivity contribution is 8.05. The third-order valence-corrected chi connectivity index (χ3v) is 8.18. The first-order valence-electron chi connectivity index (χ1n) is 12.6. The molecule has 2 heterocycles. The Balaban J connectivity index is 2.35. The van der Waals surface area contributed by atoms with E-state index < -0.39 is 35.6 Å². The van der Waals surface area contributed by atoms with Crippen LogP contribution in [0.1, 0.15) is 67.7 Å². The quantitative estimate of drug-likeness (QED) is 0.189. The Morgan fingerprint density at radius 3 is 2.50 bits per heavy atom. The molecule has 1 fully saturated rings. The van der Waals surface area contributed by atoms with E-state index in [2.05, 4.69) is 18.0 Å². The maximum absolute atomic E-state index is 13.3. The number of allylic oxidation sites excluding steroid dienone is 2. The summed E-state index contributed by atoms with van der Waals surface area (Å²) in [6, 6.07) is 0.334. The number of aliphatic hydroxyl groups is 2. The Morgan fingerprint density at radius 2 is 1.89 bits per heavy atom. The molecule has 0 aromatic carbocycles. The molecule has 2 aliphatic rings. The van der Waals surface area contributed by atoms with Crippen LogP contribution in [0.5, 0.6) is 0 Å². The highest BCUT2D eigenvalue weighted by Gasteiger charge is 2.47. The number of carbonyl (C=O) groups is 2. The van der Waals surface area contributed by atoms with E-state index in [9.17, 15) is 19.8 Å². The number of cyclic esters (lactones) is 1. The van der Waals surface area contributed by atoms with Gasteiger partial charge >= 0.3 is 5.97 Å². The molecule has 0 amide bonds. The molecule has 7 nitrogen and oxygen atoms in total. The first-order chi connectivity index (χ1) is 16.6. The highest BCUT2D eigenvalue weighted by Crippen LogP contribution is 2.35. The van der Waals surface area contributed by atoms with Gasteiger partial charge in [0.1, 0.15) is 11.9 Å². The molecule has 202 valence electrons. The van der Waals surface area contributed by atoms with Gasteiger partial charge in [0.25, 0.3) is 0 Å². The van der Waals surface area contributed by atoms with Gasteiger partial charge in [0.15, 0.2) is 0 Å². The Hall–Kier alpha value is -1.87. The zero-order valence-electron chi connectivity index (χ0n) is 22.7. The van der Waals surface area contributed by atoms with E-state index in [1.165, 1.54) is 11.8 Å². The summed E-state index contributed by atoms with van der Waals surface area (Å²) in [6.45, 7) is 16.5. The molecule has 0 aromatic heterocycles. The number of nitrogens with one attached hydrogen (secondary N) is 1. The van der Waals surface area contributed by atoms with Crippen molar-refractivity contribution in [1.29, 1.82) is 0 Å². The Morgan fingerprint density at radius 1 is 1.25 bits per heavy atom. The number of hydrogen-bond acceptors (Lipinski definition) is 8. The summed E-state index contributed by atoms with van der Waals surface area (Å²) < 4.78 is 5.79. The summed E-state index contributed by atoms with van der Waals surface area (Å²) in [5.74, 6) is -1.68. The third kappa shape index (κ3) is 8.07. The number of thioether (sulfide) groups is 1. The number of ether oxygens (including phenoxy) is 1. The molecule has 2 unspecified atom stereocenters. The molecule has 0 saturated carbocycles. The molecule has 0 aliphatic carbocycles. The largest absolute Gasteiger partial charge is 0.457 e. The number of nitrogens with two attached hydrogens (primary N) is 1. The van der Waals surface area contributed by atoms with Gasteiger partial charge in [0.2, 0.25) is 0 Å². The predicted octanol–water partition coefficient (Wildman–Crippen LogP) is 3.97. The van der Waals surface area contributed by atoms with E-state index in [1.54, 1.807) is 32.3 Å². The second kappa shape index (κ2) is 12.6. The van der Waals surface area contributed by atoms with Crippen LogP contribution in [0.25, 0.3) is 0 Å². The van der Waals surface area contributed by atoms with Gasteiger partial charge in [-0.25, -0.2) is 0 Å². The molecule has 5 N–H and O–H groups in total. The van der Waals surface area contributed by atoms with Gasteiger partial charge in [-0.05, 0) is 55.1 Å². The summed E-state index contributed by atoms with van der Waals surface area (Å²) in [7, 11) is 0. The summed E-state index contributed by atoms with van der Waals surface area (Å²) in [5.41, 5.74) is 7.35. The zero-order valence-corrected chi connectivity index (χ0v) is 23.5. The van der Waals surface area contributed by atoms with E-state index >= 15 is 0 Å². The minimum Gasteiger partial charge on any atom is -0.457 e. The molecular weight excluding hydrogens is 476 g/mol. The van der Waals surface area contributed by atoms with Gasteiger partial charge in [-0.1, -0.05) is 45.9 Å². The molecule has 1 saturated heterocycles. The lowest BCUT2D eigenvalue weighted by Crippen LogP contribution is -2.46. The highest BCUT2D eigenvalue weighted by atomic mass is 32.2. The van der Waals surface area contributed by atoms with E-state index in [0.29, 0.717) is 12.1 Å². The van der Waals surface area contributed by atoms with Gasteiger partial charge < -0.3 is 26.0 Å². The maximum Gasteiger partial charge on any atom is 0.309 e. The lowest BCUT2D eigenvalue weighted by Gasteiger charge is -2.34. The van der Waals surface area contributed by atoms with Crippen molar-refractivity contribution in [1.82, 2.24) is 5.32 Å². The van der Waals surface area contributed by atoms with Gasteiger partial charge in [-0.2, -0.15) is 0 Å². The van der Waals surface area contributed by atoms with Crippen molar-refractivity contribution >= 4 is 23.5 Å². The molecule has 0 aromatic rings. The fourth-order valence-electron chi connectivity index (χ4n) is 4.71. The average Bonchev–Trinajstić information content (AvgIpc) is 3.56. The first-order valence-corrected chi connectivity index (χ1v) is 13.5. The molecule has 0 bridgehead atoms. The lowest BCUT2D eigenvalue weighted by atomic mass is 9.73. The van der Waals surface area contributed by atoms with E-state index in [0.717, 1.165) is 22.5 Å². The summed E-state index contributed by atoms with van der Waals surface area (Å²) >= 11 is 1.43.